The molecule has 6 heteroatoms. The first kappa shape index (κ1) is 15.1. The second kappa shape index (κ2) is 6.01. The van der Waals surface area contributed by atoms with Gasteiger partial charge >= 0.3 is 0 Å². The average Bonchev–Trinajstić information content (AvgIpc) is 2.68. The number of Topliss-reactive ketones (excluding diaryl/α,β-unsaturated/α-hetero) is 1. The van der Waals surface area contributed by atoms with Crippen molar-refractivity contribution in [3.63, 3.8) is 0 Å². The van der Waals surface area contributed by atoms with Gasteiger partial charge in [-0.3, -0.25) is 4.79 Å². The van der Waals surface area contributed by atoms with E-state index >= 15 is 0 Å². The van der Waals surface area contributed by atoms with Crippen molar-refractivity contribution in [3.05, 3.63) is 4.88 Å². The molecule has 1 aromatic heterocycles. The van der Waals surface area contributed by atoms with Crippen molar-refractivity contribution >= 4 is 27.8 Å². The van der Waals surface area contributed by atoms with Crippen LogP contribution in [-0.2, 0) is 0 Å². The van der Waals surface area contributed by atoms with Crippen molar-refractivity contribution in [2.24, 2.45) is 0 Å². The third-order valence-corrected chi connectivity index (χ3v) is 4.66. The molecule has 1 aliphatic rings. The fourth-order valence-corrected chi connectivity index (χ4v) is 3.41. The number of hydrogen-bond donors (Lipinski definition) is 2. The Morgan fingerprint density at radius 2 is 2.05 bits per heavy atom. The number of aliphatic hydroxyl groups excluding tert-OH is 1. The molecule has 1 fully saturated rings. The molecule has 0 aliphatic carbocycles. The minimum absolute atomic E-state index is 0.000777. The lowest BCUT2D eigenvalue weighted by molar-refractivity contribution is 0.102. The number of piperidine rings is 1. The number of anilines is 2. The third-order valence-electron chi connectivity index (χ3n) is 3.31. The summed E-state index contributed by atoms with van der Waals surface area (Å²) in [6.07, 6.45) is 1.23. The highest BCUT2D eigenvalue weighted by Crippen LogP contribution is 2.46. The number of nitrogens with zero attached hydrogens (tertiary/aromatic N) is 1. The number of rotatable bonds is 4. The number of ketones is 1. The molecular weight excluding hydrogens is 276 g/mol. The van der Waals surface area contributed by atoms with Crippen LogP contribution < -0.4 is 15.4 Å². The van der Waals surface area contributed by atoms with Crippen LogP contribution in [0.1, 0.15) is 43.3 Å². The molecular formula is C14H22N2O3S. The van der Waals surface area contributed by atoms with Gasteiger partial charge in [0, 0.05) is 20.0 Å². The quantitative estimate of drug-likeness (QED) is 0.834. The number of hydrogen-bond acceptors (Lipinski definition) is 6. The summed E-state index contributed by atoms with van der Waals surface area (Å²) in [5.74, 6) is 0.580. The molecule has 0 amide bonds. The number of aliphatic hydroxyl groups is 1. The van der Waals surface area contributed by atoms with Gasteiger partial charge in [-0.05, 0) is 26.7 Å². The Hall–Kier alpha value is -1.27. The highest BCUT2D eigenvalue weighted by Gasteiger charge is 2.27. The van der Waals surface area contributed by atoms with Gasteiger partial charge in [-0.2, -0.15) is 0 Å². The second-order valence-electron chi connectivity index (χ2n) is 5.42. The smallest absolute Gasteiger partial charge is 0.177 e. The number of carbonyl (C=O) groups is 1. The average molecular weight is 298 g/mol. The van der Waals surface area contributed by atoms with E-state index in [0.717, 1.165) is 30.9 Å². The van der Waals surface area contributed by atoms with Crippen molar-refractivity contribution in [2.45, 2.75) is 45.8 Å². The van der Waals surface area contributed by atoms with Crippen LogP contribution in [0.2, 0.25) is 0 Å². The van der Waals surface area contributed by atoms with Crippen LogP contribution in [0.25, 0.3) is 0 Å². The molecule has 0 bridgehead atoms. The van der Waals surface area contributed by atoms with E-state index in [1.807, 2.05) is 13.8 Å². The van der Waals surface area contributed by atoms with Crippen LogP contribution in [0.15, 0.2) is 0 Å². The second-order valence-corrected chi connectivity index (χ2v) is 6.42. The number of nitrogen functional groups attached to an aromatic ring is 1. The first-order valence-corrected chi connectivity index (χ1v) is 7.74. The Labute approximate surface area is 123 Å². The lowest BCUT2D eigenvalue weighted by Crippen LogP contribution is -2.35. The van der Waals surface area contributed by atoms with E-state index in [1.54, 1.807) is 0 Å². The largest absolute Gasteiger partial charge is 0.486 e. The van der Waals surface area contributed by atoms with Gasteiger partial charge in [0.2, 0.25) is 0 Å². The summed E-state index contributed by atoms with van der Waals surface area (Å²) in [5.41, 5.74) is 6.52. The van der Waals surface area contributed by atoms with Crippen LogP contribution in [0.4, 0.5) is 10.7 Å². The van der Waals surface area contributed by atoms with Gasteiger partial charge in [0.15, 0.2) is 11.5 Å². The standard InChI is InChI=1S/C14H22N2O3S/c1-8(2)19-12-11(15)13(9(3)17)20-14(12)16-6-4-10(18)5-7-16/h8,10,18H,4-7,15H2,1-3H3. The molecule has 0 saturated carbocycles. The monoisotopic (exact) mass is 298 g/mol. The zero-order valence-electron chi connectivity index (χ0n) is 12.2. The van der Waals surface area contributed by atoms with E-state index in [0.29, 0.717) is 16.3 Å². The summed E-state index contributed by atoms with van der Waals surface area (Å²) in [5, 5.41) is 10.5. The molecule has 5 nitrogen and oxygen atoms in total. The maximum Gasteiger partial charge on any atom is 0.177 e. The summed E-state index contributed by atoms with van der Waals surface area (Å²) >= 11 is 1.39. The molecule has 0 unspecified atom stereocenters. The van der Waals surface area contributed by atoms with Crippen LogP contribution in [0, 0.1) is 0 Å². The van der Waals surface area contributed by atoms with E-state index in [2.05, 4.69) is 4.90 Å². The molecule has 0 radical (unpaired) electrons. The Morgan fingerprint density at radius 3 is 2.55 bits per heavy atom. The number of carbonyl (C=O) groups excluding carboxylic acids is 1. The Bertz CT molecular complexity index is 491. The Morgan fingerprint density at radius 1 is 1.45 bits per heavy atom. The SMILES string of the molecule is CC(=O)c1sc(N2CCC(O)CC2)c(OC(C)C)c1N. The topological polar surface area (TPSA) is 75.8 Å². The summed E-state index contributed by atoms with van der Waals surface area (Å²) in [6, 6.07) is 0. The van der Waals surface area contributed by atoms with Crippen LogP contribution in [0.3, 0.4) is 0 Å². The molecule has 0 spiro atoms. The van der Waals surface area contributed by atoms with E-state index in [9.17, 15) is 9.90 Å². The Balaban J connectivity index is 2.34. The molecule has 1 aliphatic heterocycles. The lowest BCUT2D eigenvalue weighted by atomic mass is 10.1. The summed E-state index contributed by atoms with van der Waals surface area (Å²) < 4.78 is 5.82. The summed E-state index contributed by atoms with van der Waals surface area (Å²) in [4.78, 5) is 14.4. The van der Waals surface area contributed by atoms with Gasteiger partial charge in [-0.1, -0.05) is 0 Å². The van der Waals surface area contributed by atoms with Crippen molar-refractivity contribution in [1.82, 2.24) is 0 Å². The lowest BCUT2D eigenvalue weighted by Gasteiger charge is -2.31. The molecule has 20 heavy (non-hydrogen) atoms. The zero-order valence-corrected chi connectivity index (χ0v) is 13.0. The van der Waals surface area contributed by atoms with Gasteiger partial charge in [0.1, 0.15) is 5.00 Å². The molecule has 0 atom stereocenters. The Kier molecular flexibility index (Phi) is 4.55. The van der Waals surface area contributed by atoms with Crippen molar-refractivity contribution in [1.29, 1.82) is 0 Å². The minimum atomic E-state index is -0.231. The van der Waals surface area contributed by atoms with Crippen LogP contribution >= 0.6 is 11.3 Å². The number of ether oxygens (including phenoxy) is 1. The minimum Gasteiger partial charge on any atom is -0.486 e. The highest BCUT2D eigenvalue weighted by molar-refractivity contribution is 7.19. The van der Waals surface area contributed by atoms with Crippen LogP contribution in [-0.4, -0.2) is 36.2 Å². The van der Waals surface area contributed by atoms with Crippen molar-refractivity contribution in [2.75, 3.05) is 23.7 Å². The van der Waals surface area contributed by atoms with Crippen molar-refractivity contribution < 1.29 is 14.6 Å². The fraction of sp³-hybridized carbons (Fsp3) is 0.643. The predicted molar refractivity (Wildman–Crippen MR) is 82.0 cm³/mol. The predicted octanol–water partition coefficient (Wildman–Crippen LogP) is 2.28. The summed E-state index contributed by atoms with van der Waals surface area (Å²) in [7, 11) is 0. The maximum absolute atomic E-state index is 11.7. The van der Waals surface area contributed by atoms with Gasteiger partial charge in [-0.25, -0.2) is 0 Å². The molecule has 1 saturated heterocycles. The molecule has 112 valence electrons. The van der Waals surface area contributed by atoms with Gasteiger partial charge in [0.25, 0.3) is 0 Å². The van der Waals surface area contributed by atoms with E-state index in [-0.39, 0.29) is 18.0 Å². The molecule has 3 N–H and O–H groups in total. The van der Waals surface area contributed by atoms with E-state index in [4.69, 9.17) is 10.5 Å². The highest BCUT2D eigenvalue weighted by atomic mass is 32.1. The van der Waals surface area contributed by atoms with Gasteiger partial charge in [0.05, 0.1) is 22.8 Å². The number of nitrogens with two attached hydrogens (primary N) is 1. The van der Waals surface area contributed by atoms with Gasteiger partial charge < -0.3 is 20.5 Å². The number of thiophene rings is 1. The van der Waals surface area contributed by atoms with E-state index in [1.165, 1.54) is 18.3 Å². The zero-order chi connectivity index (χ0) is 14.9. The fourth-order valence-electron chi connectivity index (χ4n) is 2.30. The van der Waals surface area contributed by atoms with Crippen molar-refractivity contribution in [3.8, 4) is 5.75 Å². The summed E-state index contributed by atoms with van der Waals surface area (Å²) in [6.45, 7) is 6.91. The normalized spacial score (nSPS) is 16.8. The molecule has 1 aromatic rings. The third kappa shape index (κ3) is 3.07. The van der Waals surface area contributed by atoms with E-state index < -0.39 is 0 Å². The molecule has 2 heterocycles. The van der Waals surface area contributed by atoms with Gasteiger partial charge in [-0.15, -0.1) is 11.3 Å². The first-order valence-electron chi connectivity index (χ1n) is 6.93. The molecule has 0 aromatic carbocycles. The molecule has 2 rings (SSSR count). The first-order chi connectivity index (χ1) is 9.40. The maximum atomic E-state index is 11.7. The van der Waals surface area contributed by atoms with Crippen LogP contribution in [0.5, 0.6) is 5.75 Å².